The van der Waals surface area contributed by atoms with Gasteiger partial charge in [-0.25, -0.2) is 0 Å². The summed E-state index contributed by atoms with van der Waals surface area (Å²) in [7, 11) is -4.24. The fraction of sp³-hybridized carbons (Fsp3) is 0.667. The lowest BCUT2D eigenvalue weighted by molar-refractivity contribution is 0.478. The molecule has 1 aromatic rings. The van der Waals surface area contributed by atoms with Crippen LogP contribution in [0.4, 0.5) is 0 Å². The van der Waals surface area contributed by atoms with Crippen molar-refractivity contribution in [1.29, 1.82) is 0 Å². The standard InChI is InChI=1S/C18H30O3S/c1-8-9-14-15(11(2)3)10-16(12(4)5)18(22(19,20)21)17(14)13(6)7/h10-13H,8-9H2,1-7H3,(H,19,20,21). The van der Waals surface area contributed by atoms with Gasteiger partial charge in [-0.1, -0.05) is 61.0 Å². The van der Waals surface area contributed by atoms with Gasteiger partial charge in [0.05, 0.1) is 0 Å². The van der Waals surface area contributed by atoms with Crippen molar-refractivity contribution in [2.75, 3.05) is 0 Å². The molecule has 0 spiro atoms. The van der Waals surface area contributed by atoms with E-state index in [4.69, 9.17) is 0 Å². The van der Waals surface area contributed by atoms with Crippen LogP contribution < -0.4 is 0 Å². The van der Waals surface area contributed by atoms with Crippen molar-refractivity contribution in [3.63, 3.8) is 0 Å². The van der Waals surface area contributed by atoms with Crippen LogP contribution in [0.2, 0.25) is 0 Å². The van der Waals surface area contributed by atoms with E-state index in [1.54, 1.807) is 0 Å². The molecular weight excluding hydrogens is 296 g/mol. The van der Waals surface area contributed by atoms with E-state index < -0.39 is 10.1 Å². The Morgan fingerprint density at radius 3 is 1.77 bits per heavy atom. The Labute approximate surface area is 135 Å². The van der Waals surface area contributed by atoms with Crippen LogP contribution in [0.5, 0.6) is 0 Å². The lowest BCUT2D eigenvalue weighted by Gasteiger charge is -2.26. The zero-order chi connectivity index (χ0) is 17.2. The van der Waals surface area contributed by atoms with E-state index in [0.717, 1.165) is 29.5 Å². The highest BCUT2D eigenvalue weighted by atomic mass is 32.2. The molecule has 0 fully saturated rings. The predicted octanol–water partition coefficient (Wildman–Crippen LogP) is 5.26. The normalized spacial score (nSPS) is 12.7. The van der Waals surface area contributed by atoms with Crippen LogP contribution in [-0.4, -0.2) is 13.0 Å². The first-order valence-electron chi connectivity index (χ1n) is 8.19. The molecule has 0 atom stereocenters. The number of hydrogen-bond donors (Lipinski definition) is 1. The summed E-state index contributed by atoms with van der Waals surface area (Å²) in [5.41, 5.74) is 3.85. The molecule has 0 amide bonds. The summed E-state index contributed by atoms with van der Waals surface area (Å²) >= 11 is 0. The van der Waals surface area contributed by atoms with E-state index in [2.05, 4.69) is 20.8 Å². The quantitative estimate of drug-likeness (QED) is 0.726. The Bertz CT molecular complexity index is 626. The van der Waals surface area contributed by atoms with Crippen LogP contribution in [0, 0.1) is 0 Å². The molecule has 0 aliphatic rings. The van der Waals surface area contributed by atoms with E-state index in [0.29, 0.717) is 5.92 Å². The summed E-state index contributed by atoms with van der Waals surface area (Å²) < 4.78 is 34.0. The third-order valence-electron chi connectivity index (χ3n) is 4.07. The molecule has 0 radical (unpaired) electrons. The molecule has 0 saturated heterocycles. The van der Waals surface area contributed by atoms with Gasteiger partial charge in [-0.3, -0.25) is 4.55 Å². The summed E-state index contributed by atoms with van der Waals surface area (Å²) in [6.45, 7) is 14.3. The van der Waals surface area contributed by atoms with Crippen molar-refractivity contribution in [1.82, 2.24) is 0 Å². The van der Waals surface area contributed by atoms with E-state index in [-0.39, 0.29) is 16.7 Å². The molecule has 0 aromatic heterocycles. The maximum atomic E-state index is 12.1. The Kier molecular flexibility index (Phi) is 6.22. The van der Waals surface area contributed by atoms with E-state index >= 15 is 0 Å². The lowest BCUT2D eigenvalue weighted by Crippen LogP contribution is -2.15. The fourth-order valence-corrected chi connectivity index (χ4v) is 4.37. The van der Waals surface area contributed by atoms with E-state index in [1.165, 1.54) is 5.56 Å². The summed E-state index contributed by atoms with van der Waals surface area (Å²) in [5, 5.41) is 0. The average molecular weight is 327 g/mol. The van der Waals surface area contributed by atoms with Crippen LogP contribution in [0.3, 0.4) is 0 Å². The van der Waals surface area contributed by atoms with Crippen LogP contribution >= 0.6 is 0 Å². The molecule has 3 nitrogen and oxygen atoms in total. The Morgan fingerprint density at radius 1 is 0.955 bits per heavy atom. The van der Waals surface area contributed by atoms with Crippen LogP contribution in [0.25, 0.3) is 0 Å². The van der Waals surface area contributed by atoms with Gasteiger partial charge in [0.1, 0.15) is 4.90 Å². The molecule has 126 valence electrons. The summed E-state index contributed by atoms with van der Waals surface area (Å²) in [5.74, 6) is 0.421. The Morgan fingerprint density at radius 2 is 1.45 bits per heavy atom. The first kappa shape index (κ1) is 19.2. The summed E-state index contributed by atoms with van der Waals surface area (Å²) in [4.78, 5) is 0.144. The molecule has 0 saturated carbocycles. The highest BCUT2D eigenvalue weighted by Crippen LogP contribution is 2.39. The number of benzene rings is 1. The third kappa shape index (κ3) is 3.90. The van der Waals surface area contributed by atoms with Crippen molar-refractivity contribution >= 4 is 10.1 Å². The topological polar surface area (TPSA) is 54.4 Å². The number of hydrogen-bond acceptors (Lipinski definition) is 2. The largest absolute Gasteiger partial charge is 0.295 e. The Hall–Kier alpha value is -0.870. The molecule has 22 heavy (non-hydrogen) atoms. The summed E-state index contributed by atoms with van der Waals surface area (Å²) in [6.07, 6.45) is 1.79. The fourth-order valence-electron chi connectivity index (χ4n) is 3.14. The first-order chi connectivity index (χ1) is 10.0. The second-order valence-corrected chi connectivity index (χ2v) is 8.32. The van der Waals surface area contributed by atoms with Gasteiger partial charge in [-0.05, 0) is 46.4 Å². The smallest absolute Gasteiger partial charge is 0.282 e. The highest BCUT2D eigenvalue weighted by molar-refractivity contribution is 7.86. The van der Waals surface area contributed by atoms with Crippen molar-refractivity contribution in [3.05, 3.63) is 28.3 Å². The minimum absolute atomic E-state index is 0.0441. The van der Waals surface area contributed by atoms with Gasteiger partial charge in [-0.15, -0.1) is 0 Å². The van der Waals surface area contributed by atoms with Crippen LogP contribution in [-0.2, 0) is 16.5 Å². The van der Waals surface area contributed by atoms with Gasteiger partial charge >= 0.3 is 0 Å². The van der Waals surface area contributed by atoms with Crippen molar-refractivity contribution in [2.24, 2.45) is 0 Å². The molecule has 1 aromatic carbocycles. The van der Waals surface area contributed by atoms with E-state index in [1.807, 2.05) is 33.8 Å². The molecule has 0 aliphatic heterocycles. The second kappa shape index (κ2) is 7.14. The summed E-state index contributed by atoms with van der Waals surface area (Å²) in [6, 6.07) is 2.00. The molecule has 0 bridgehead atoms. The zero-order valence-corrected chi connectivity index (χ0v) is 15.7. The Balaban J connectivity index is 3.99. The monoisotopic (exact) mass is 326 g/mol. The van der Waals surface area contributed by atoms with Crippen LogP contribution in [0.15, 0.2) is 11.0 Å². The second-order valence-electron chi connectivity index (χ2n) is 6.97. The van der Waals surface area contributed by atoms with Crippen molar-refractivity contribution < 1.29 is 13.0 Å². The van der Waals surface area contributed by atoms with Gasteiger partial charge in [0.2, 0.25) is 0 Å². The van der Waals surface area contributed by atoms with Crippen LogP contribution in [0.1, 0.15) is 94.9 Å². The molecule has 0 aliphatic carbocycles. The van der Waals surface area contributed by atoms with Gasteiger partial charge in [0.25, 0.3) is 10.1 Å². The van der Waals surface area contributed by atoms with Crippen molar-refractivity contribution in [3.8, 4) is 0 Å². The molecule has 1 N–H and O–H groups in total. The maximum absolute atomic E-state index is 12.1. The van der Waals surface area contributed by atoms with E-state index in [9.17, 15) is 13.0 Å². The third-order valence-corrected chi connectivity index (χ3v) is 5.04. The van der Waals surface area contributed by atoms with Gasteiger partial charge in [0.15, 0.2) is 0 Å². The lowest BCUT2D eigenvalue weighted by atomic mass is 9.83. The average Bonchev–Trinajstić information content (AvgIpc) is 2.35. The molecular formula is C18H30O3S. The van der Waals surface area contributed by atoms with Gasteiger partial charge in [-0.2, -0.15) is 8.42 Å². The van der Waals surface area contributed by atoms with Gasteiger partial charge in [0, 0.05) is 0 Å². The minimum Gasteiger partial charge on any atom is -0.282 e. The molecule has 0 unspecified atom stereocenters. The maximum Gasteiger partial charge on any atom is 0.295 e. The minimum atomic E-state index is -4.24. The SMILES string of the molecule is CCCc1c(C(C)C)cc(C(C)C)c(S(=O)(=O)O)c1C(C)C. The van der Waals surface area contributed by atoms with Gasteiger partial charge < -0.3 is 0 Å². The number of rotatable bonds is 6. The van der Waals surface area contributed by atoms with Crippen molar-refractivity contribution in [2.45, 2.75) is 84.0 Å². The first-order valence-corrected chi connectivity index (χ1v) is 9.63. The highest BCUT2D eigenvalue weighted by Gasteiger charge is 2.28. The molecule has 1 rings (SSSR count). The molecule has 0 heterocycles. The zero-order valence-electron chi connectivity index (χ0n) is 14.9. The molecule has 4 heteroatoms. The predicted molar refractivity (Wildman–Crippen MR) is 92.5 cm³/mol.